The van der Waals surface area contributed by atoms with E-state index in [2.05, 4.69) is 13.8 Å². The summed E-state index contributed by atoms with van der Waals surface area (Å²) >= 11 is 0. The van der Waals surface area contributed by atoms with Crippen LogP contribution < -0.4 is 10.5 Å². The molecule has 0 radical (unpaired) electrons. The van der Waals surface area contributed by atoms with E-state index in [4.69, 9.17) is 15.2 Å². The van der Waals surface area contributed by atoms with Crippen LogP contribution in [0.15, 0.2) is 36.4 Å². The molecule has 2 rings (SSSR count). The van der Waals surface area contributed by atoms with Gasteiger partial charge < -0.3 is 15.2 Å². The number of hydrogen-bond acceptors (Lipinski definition) is 5. The highest BCUT2D eigenvalue weighted by Crippen LogP contribution is 2.36. The number of amides is 1. The Morgan fingerprint density at radius 1 is 1.20 bits per heavy atom. The Morgan fingerprint density at radius 2 is 1.92 bits per heavy atom. The van der Waals surface area contributed by atoms with Gasteiger partial charge in [0.25, 0.3) is 5.69 Å². The maximum atomic E-state index is 11.1. The molecule has 0 heterocycles. The van der Waals surface area contributed by atoms with Crippen molar-refractivity contribution < 1.29 is 19.2 Å². The summed E-state index contributed by atoms with van der Waals surface area (Å²) < 4.78 is 10.3. The van der Waals surface area contributed by atoms with Gasteiger partial charge in [-0.2, -0.15) is 0 Å². The number of primary amides is 1. The molecule has 2 N–H and O–H groups in total. The molecule has 2 aromatic rings. The second-order valence-corrected chi connectivity index (χ2v) is 5.82. The summed E-state index contributed by atoms with van der Waals surface area (Å²) in [5.41, 5.74) is 7.96. The molecule has 0 aliphatic carbocycles. The van der Waals surface area contributed by atoms with Crippen molar-refractivity contribution in [3.63, 3.8) is 0 Å². The van der Waals surface area contributed by atoms with Gasteiger partial charge in [-0.25, -0.2) is 4.79 Å². The number of ether oxygens (including phenoxy) is 2. The van der Waals surface area contributed by atoms with Crippen molar-refractivity contribution in [2.24, 2.45) is 5.73 Å². The second-order valence-electron chi connectivity index (χ2n) is 5.82. The van der Waals surface area contributed by atoms with Crippen molar-refractivity contribution in [3.8, 4) is 16.9 Å². The first kappa shape index (κ1) is 18.3. The quantitative estimate of drug-likeness (QED) is 0.630. The number of benzene rings is 2. The van der Waals surface area contributed by atoms with Gasteiger partial charge in [-0.05, 0) is 35.2 Å². The van der Waals surface area contributed by atoms with E-state index in [1.807, 2.05) is 18.2 Å². The van der Waals surface area contributed by atoms with Crippen LogP contribution in [0.3, 0.4) is 0 Å². The lowest BCUT2D eigenvalue weighted by Crippen LogP contribution is -2.13. The molecule has 7 heteroatoms. The largest absolute Gasteiger partial charge is 0.496 e. The van der Waals surface area contributed by atoms with Gasteiger partial charge in [-0.1, -0.05) is 19.9 Å². The number of nitro groups is 1. The highest BCUT2D eigenvalue weighted by Gasteiger charge is 2.17. The molecule has 0 aromatic heterocycles. The SMILES string of the molecule is COc1ccc(C(C)C)cc1-c1ccc([N+](=O)[O-])cc1COC(N)=O. The molecule has 0 bridgehead atoms. The van der Waals surface area contributed by atoms with E-state index < -0.39 is 11.0 Å². The van der Waals surface area contributed by atoms with Crippen molar-refractivity contribution in [2.75, 3.05) is 7.11 Å². The fourth-order valence-corrected chi connectivity index (χ4v) is 2.52. The van der Waals surface area contributed by atoms with E-state index in [9.17, 15) is 14.9 Å². The molecule has 0 atom stereocenters. The molecule has 0 aliphatic heterocycles. The number of methoxy groups -OCH3 is 1. The number of rotatable bonds is 6. The van der Waals surface area contributed by atoms with E-state index in [-0.39, 0.29) is 12.3 Å². The maximum Gasteiger partial charge on any atom is 0.404 e. The first-order valence-corrected chi connectivity index (χ1v) is 7.71. The van der Waals surface area contributed by atoms with Crippen LogP contribution in [0.5, 0.6) is 5.75 Å². The molecule has 1 amide bonds. The summed E-state index contributed by atoms with van der Waals surface area (Å²) in [7, 11) is 1.55. The lowest BCUT2D eigenvalue weighted by atomic mass is 9.93. The zero-order chi connectivity index (χ0) is 18.6. The minimum absolute atomic E-state index is 0.0919. The summed E-state index contributed by atoms with van der Waals surface area (Å²) in [5, 5.41) is 11.1. The lowest BCUT2D eigenvalue weighted by Gasteiger charge is -2.16. The van der Waals surface area contributed by atoms with Crippen LogP contribution >= 0.6 is 0 Å². The standard InChI is InChI=1S/C18H20N2O5/c1-11(2)12-4-7-17(24-3)16(9-12)15-6-5-14(20(22)23)8-13(15)10-25-18(19)21/h4-9,11H,10H2,1-3H3,(H2,19,21). The predicted octanol–water partition coefficient (Wildman–Crippen LogP) is 3.99. The topological polar surface area (TPSA) is 105 Å². The van der Waals surface area contributed by atoms with Crippen LogP contribution in [-0.2, 0) is 11.3 Å². The zero-order valence-corrected chi connectivity index (χ0v) is 14.3. The molecule has 0 unspecified atom stereocenters. The van der Waals surface area contributed by atoms with E-state index >= 15 is 0 Å². The third kappa shape index (κ3) is 4.26. The number of hydrogen-bond donors (Lipinski definition) is 1. The molecule has 0 saturated carbocycles. The van der Waals surface area contributed by atoms with Gasteiger partial charge in [0, 0.05) is 23.3 Å². The third-order valence-electron chi connectivity index (χ3n) is 3.85. The molecule has 25 heavy (non-hydrogen) atoms. The van der Waals surface area contributed by atoms with E-state index in [0.717, 1.165) is 11.1 Å². The van der Waals surface area contributed by atoms with Crippen molar-refractivity contribution >= 4 is 11.8 Å². The molecule has 0 spiro atoms. The molecule has 2 aromatic carbocycles. The average Bonchev–Trinajstić information content (AvgIpc) is 2.58. The Labute approximate surface area is 145 Å². The van der Waals surface area contributed by atoms with E-state index in [1.165, 1.54) is 12.1 Å². The van der Waals surface area contributed by atoms with Gasteiger partial charge in [0.1, 0.15) is 12.4 Å². The normalized spacial score (nSPS) is 10.6. The fourth-order valence-electron chi connectivity index (χ4n) is 2.52. The zero-order valence-electron chi connectivity index (χ0n) is 14.3. The molecule has 0 aliphatic rings. The molecular formula is C18H20N2O5. The number of carbonyl (C=O) groups is 1. The number of carbonyl (C=O) groups excluding carboxylic acids is 1. The van der Waals surface area contributed by atoms with Crippen LogP contribution in [-0.4, -0.2) is 18.1 Å². The Hall–Kier alpha value is -3.09. The predicted molar refractivity (Wildman–Crippen MR) is 93.5 cm³/mol. The Morgan fingerprint density at radius 3 is 2.48 bits per heavy atom. The number of nitrogens with two attached hydrogens (primary N) is 1. The monoisotopic (exact) mass is 344 g/mol. The Kier molecular flexibility index (Phi) is 5.59. The average molecular weight is 344 g/mol. The molecule has 0 saturated heterocycles. The molecule has 132 valence electrons. The van der Waals surface area contributed by atoms with E-state index in [0.29, 0.717) is 22.8 Å². The summed E-state index contributed by atoms with van der Waals surface area (Å²) in [5.74, 6) is 0.923. The minimum Gasteiger partial charge on any atom is -0.496 e. The number of non-ortho nitro benzene ring substituents is 1. The first-order valence-electron chi connectivity index (χ1n) is 7.71. The first-order chi connectivity index (χ1) is 11.8. The van der Waals surface area contributed by atoms with Gasteiger partial charge in [-0.15, -0.1) is 0 Å². The van der Waals surface area contributed by atoms with Gasteiger partial charge in [0.15, 0.2) is 0 Å². The van der Waals surface area contributed by atoms with Gasteiger partial charge >= 0.3 is 6.09 Å². The smallest absolute Gasteiger partial charge is 0.404 e. The number of nitrogens with zero attached hydrogens (tertiary/aromatic N) is 1. The van der Waals surface area contributed by atoms with Gasteiger partial charge in [0.2, 0.25) is 0 Å². The fraction of sp³-hybridized carbons (Fsp3) is 0.278. The van der Waals surface area contributed by atoms with Crippen molar-refractivity contribution in [1.29, 1.82) is 0 Å². The van der Waals surface area contributed by atoms with Crippen molar-refractivity contribution in [1.82, 2.24) is 0 Å². The molecular weight excluding hydrogens is 324 g/mol. The maximum absolute atomic E-state index is 11.1. The van der Waals surface area contributed by atoms with Crippen LogP contribution in [0.1, 0.15) is 30.9 Å². The molecule has 7 nitrogen and oxygen atoms in total. The van der Waals surface area contributed by atoms with Crippen LogP contribution in [0.2, 0.25) is 0 Å². The Bertz CT molecular complexity index is 802. The minimum atomic E-state index is -0.944. The number of nitro benzene ring substituents is 1. The van der Waals surface area contributed by atoms with E-state index in [1.54, 1.807) is 13.2 Å². The Balaban J connectivity index is 2.62. The van der Waals surface area contributed by atoms with Crippen LogP contribution in [0.4, 0.5) is 10.5 Å². The summed E-state index contributed by atoms with van der Waals surface area (Å²) in [6.07, 6.45) is -0.944. The van der Waals surface area contributed by atoms with Gasteiger partial charge in [0.05, 0.1) is 12.0 Å². The third-order valence-corrected chi connectivity index (χ3v) is 3.85. The van der Waals surface area contributed by atoms with Crippen LogP contribution in [0.25, 0.3) is 11.1 Å². The van der Waals surface area contributed by atoms with Gasteiger partial charge in [-0.3, -0.25) is 10.1 Å². The molecule has 0 fully saturated rings. The second kappa shape index (κ2) is 7.65. The summed E-state index contributed by atoms with van der Waals surface area (Å²) in [4.78, 5) is 21.5. The van der Waals surface area contributed by atoms with Crippen molar-refractivity contribution in [2.45, 2.75) is 26.4 Å². The highest BCUT2D eigenvalue weighted by molar-refractivity contribution is 5.75. The highest BCUT2D eigenvalue weighted by atomic mass is 16.6. The van der Waals surface area contributed by atoms with Crippen LogP contribution in [0, 0.1) is 10.1 Å². The lowest BCUT2D eigenvalue weighted by molar-refractivity contribution is -0.384. The summed E-state index contributed by atoms with van der Waals surface area (Å²) in [6, 6.07) is 10.2. The van der Waals surface area contributed by atoms with Crippen molar-refractivity contribution in [3.05, 3.63) is 57.6 Å². The summed E-state index contributed by atoms with van der Waals surface area (Å²) in [6.45, 7) is 3.97.